The molecule has 1 unspecified atom stereocenters. The molecule has 0 amide bonds. The lowest BCUT2D eigenvalue weighted by atomic mass is 10.2. The fourth-order valence-electron chi connectivity index (χ4n) is 1.18. The Morgan fingerprint density at radius 1 is 1.06 bits per heavy atom. The highest BCUT2D eigenvalue weighted by Gasteiger charge is 2.05. The quantitative estimate of drug-likeness (QED) is 0.537. The molecule has 1 atom stereocenters. The van der Waals surface area contributed by atoms with Gasteiger partial charge in [0.25, 0.3) is 0 Å². The standard InChI is InChI=1S/C12H18O4/c1-14-7-8-15-9-10-16-12(13)11-5-3-2-4-6-11/h2-6,12-13H,7-10H2,1H3. The Balaban J connectivity index is 2.09. The van der Waals surface area contributed by atoms with E-state index >= 15 is 0 Å². The first-order valence-electron chi connectivity index (χ1n) is 5.26. The number of hydrogen-bond donors (Lipinski definition) is 1. The third kappa shape index (κ3) is 5.23. The minimum atomic E-state index is -0.882. The zero-order valence-electron chi connectivity index (χ0n) is 9.46. The smallest absolute Gasteiger partial charge is 0.181 e. The molecule has 0 bridgehead atoms. The van der Waals surface area contributed by atoms with Crippen molar-refractivity contribution in [2.45, 2.75) is 6.29 Å². The van der Waals surface area contributed by atoms with Gasteiger partial charge in [-0.2, -0.15) is 0 Å². The van der Waals surface area contributed by atoms with Crippen molar-refractivity contribution in [3.63, 3.8) is 0 Å². The summed E-state index contributed by atoms with van der Waals surface area (Å²) in [5.41, 5.74) is 0.749. The van der Waals surface area contributed by atoms with E-state index in [4.69, 9.17) is 14.2 Å². The van der Waals surface area contributed by atoms with Crippen LogP contribution in [0.4, 0.5) is 0 Å². The van der Waals surface area contributed by atoms with Crippen LogP contribution in [0.5, 0.6) is 0 Å². The van der Waals surface area contributed by atoms with Crippen LogP contribution in [-0.4, -0.2) is 38.6 Å². The summed E-state index contributed by atoms with van der Waals surface area (Å²) in [5, 5.41) is 9.62. The third-order valence-electron chi connectivity index (χ3n) is 2.02. The fourth-order valence-corrected chi connectivity index (χ4v) is 1.18. The summed E-state index contributed by atoms with van der Waals surface area (Å²) in [6.07, 6.45) is -0.882. The molecule has 0 aliphatic heterocycles. The second-order valence-corrected chi connectivity index (χ2v) is 3.24. The van der Waals surface area contributed by atoms with Crippen LogP contribution >= 0.6 is 0 Å². The number of ether oxygens (including phenoxy) is 3. The highest BCUT2D eigenvalue weighted by molar-refractivity contribution is 5.15. The first-order chi connectivity index (χ1) is 7.84. The normalized spacial score (nSPS) is 12.6. The Kier molecular flexibility index (Phi) is 6.76. The van der Waals surface area contributed by atoms with Crippen molar-refractivity contribution < 1.29 is 19.3 Å². The third-order valence-corrected chi connectivity index (χ3v) is 2.02. The molecule has 90 valence electrons. The maximum absolute atomic E-state index is 9.62. The molecule has 1 aromatic carbocycles. The van der Waals surface area contributed by atoms with Gasteiger partial charge in [0.05, 0.1) is 26.4 Å². The molecule has 0 saturated carbocycles. The van der Waals surface area contributed by atoms with E-state index in [2.05, 4.69) is 0 Å². The molecule has 0 heterocycles. The lowest BCUT2D eigenvalue weighted by Gasteiger charge is -2.12. The minimum absolute atomic E-state index is 0.361. The molecule has 0 fully saturated rings. The number of aliphatic hydroxyl groups excluding tert-OH is 1. The highest BCUT2D eigenvalue weighted by atomic mass is 16.6. The van der Waals surface area contributed by atoms with E-state index in [1.54, 1.807) is 7.11 Å². The largest absolute Gasteiger partial charge is 0.382 e. The van der Waals surface area contributed by atoms with Crippen LogP contribution in [0.2, 0.25) is 0 Å². The number of methoxy groups -OCH3 is 1. The Labute approximate surface area is 95.8 Å². The van der Waals surface area contributed by atoms with Crippen LogP contribution in [0.25, 0.3) is 0 Å². The summed E-state index contributed by atoms with van der Waals surface area (Å²) >= 11 is 0. The number of hydrogen-bond acceptors (Lipinski definition) is 4. The van der Waals surface area contributed by atoms with Crippen LogP contribution in [0, 0.1) is 0 Å². The lowest BCUT2D eigenvalue weighted by molar-refractivity contribution is -0.117. The molecule has 4 nitrogen and oxygen atoms in total. The van der Waals surface area contributed by atoms with Crippen molar-refractivity contribution in [3.05, 3.63) is 35.9 Å². The molecule has 1 N–H and O–H groups in total. The van der Waals surface area contributed by atoms with Crippen LogP contribution in [0.3, 0.4) is 0 Å². The first kappa shape index (κ1) is 13.1. The van der Waals surface area contributed by atoms with Gasteiger partial charge in [0, 0.05) is 12.7 Å². The molecule has 0 saturated heterocycles. The van der Waals surface area contributed by atoms with Gasteiger partial charge in [-0.15, -0.1) is 0 Å². The molecule has 0 aliphatic carbocycles. The average Bonchev–Trinajstić information content (AvgIpc) is 2.34. The van der Waals surface area contributed by atoms with Crippen molar-refractivity contribution in [3.8, 4) is 0 Å². The molecule has 0 aliphatic rings. The van der Waals surface area contributed by atoms with Gasteiger partial charge in [-0.25, -0.2) is 0 Å². The molecular weight excluding hydrogens is 208 g/mol. The fraction of sp³-hybridized carbons (Fsp3) is 0.500. The zero-order chi connectivity index (χ0) is 11.6. The number of aliphatic hydroxyl groups is 1. The minimum Gasteiger partial charge on any atom is -0.382 e. The molecule has 0 spiro atoms. The monoisotopic (exact) mass is 226 g/mol. The van der Waals surface area contributed by atoms with E-state index in [1.165, 1.54) is 0 Å². The van der Waals surface area contributed by atoms with Crippen molar-refractivity contribution >= 4 is 0 Å². The van der Waals surface area contributed by atoms with Gasteiger partial charge in [-0.05, 0) is 0 Å². The van der Waals surface area contributed by atoms with Gasteiger partial charge >= 0.3 is 0 Å². The van der Waals surface area contributed by atoms with E-state index < -0.39 is 6.29 Å². The summed E-state index contributed by atoms with van der Waals surface area (Å²) in [5.74, 6) is 0. The molecule has 0 radical (unpaired) electrons. The van der Waals surface area contributed by atoms with E-state index in [0.717, 1.165) is 5.56 Å². The maximum atomic E-state index is 9.62. The summed E-state index contributed by atoms with van der Waals surface area (Å²) in [6.45, 7) is 1.93. The SMILES string of the molecule is COCCOCCOC(O)c1ccccc1. The lowest BCUT2D eigenvalue weighted by Crippen LogP contribution is -2.11. The van der Waals surface area contributed by atoms with Gasteiger partial charge in [-0.3, -0.25) is 0 Å². The second-order valence-electron chi connectivity index (χ2n) is 3.24. The van der Waals surface area contributed by atoms with Gasteiger partial charge in [-0.1, -0.05) is 30.3 Å². The van der Waals surface area contributed by atoms with Crippen molar-refractivity contribution in [2.75, 3.05) is 33.5 Å². The Morgan fingerprint density at radius 2 is 1.75 bits per heavy atom. The Hall–Kier alpha value is -0.940. The molecule has 1 aromatic rings. The van der Waals surface area contributed by atoms with Crippen LogP contribution in [0.1, 0.15) is 11.9 Å². The van der Waals surface area contributed by atoms with Crippen LogP contribution in [0.15, 0.2) is 30.3 Å². The zero-order valence-corrected chi connectivity index (χ0v) is 9.46. The highest BCUT2D eigenvalue weighted by Crippen LogP contribution is 2.12. The summed E-state index contributed by atoms with van der Waals surface area (Å²) in [6, 6.07) is 9.24. The molecule has 1 rings (SSSR count). The molecular formula is C12H18O4. The number of benzene rings is 1. The van der Waals surface area contributed by atoms with Crippen LogP contribution in [-0.2, 0) is 14.2 Å². The molecule has 0 aromatic heterocycles. The van der Waals surface area contributed by atoms with Gasteiger partial charge in [0.2, 0.25) is 0 Å². The van der Waals surface area contributed by atoms with Crippen molar-refractivity contribution in [1.82, 2.24) is 0 Å². The summed E-state index contributed by atoms with van der Waals surface area (Å²) < 4.78 is 15.2. The topological polar surface area (TPSA) is 47.9 Å². The second kappa shape index (κ2) is 8.24. The van der Waals surface area contributed by atoms with Crippen molar-refractivity contribution in [1.29, 1.82) is 0 Å². The molecule has 4 heteroatoms. The predicted molar refractivity (Wildman–Crippen MR) is 60.0 cm³/mol. The number of rotatable bonds is 8. The predicted octanol–water partition coefficient (Wildman–Crippen LogP) is 1.36. The average molecular weight is 226 g/mol. The van der Waals surface area contributed by atoms with E-state index in [9.17, 15) is 5.11 Å². The van der Waals surface area contributed by atoms with Gasteiger partial charge in [0.1, 0.15) is 0 Å². The summed E-state index contributed by atoms with van der Waals surface area (Å²) in [7, 11) is 1.62. The van der Waals surface area contributed by atoms with E-state index in [-0.39, 0.29) is 0 Å². The first-order valence-corrected chi connectivity index (χ1v) is 5.26. The van der Waals surface area contributed by atoms with E-state index in [0.29, 0.717) is 26.4 Å². The van der Waals surface area contributed by atoms with Crippen molar-refractivity contribution in [2.24, 2.45) is 0 Å². The maximum Gasteiger partial charge on any atom is 0.181 e. The molecule has 16 heavy (non-hydrogen) atoms. The van der Waals surface area contributed by atoms with Gasteiger partial charge < -0.3 is 19.3 Å². The van der Waals surface area contributed by atoms with Crippen LogP contribution < -0.4 is 0 Å². The Morgan fingerprint density at radius 3 is 2.44 bits per heavy atom. The van der Waals surface area contributed by atoms with E-state index in [1.807, 2.05) is 30.3 Å². The van der Waals surface area contributed by atoms with Gasteiger partial charge in [0.15, 0.2) is 6.29 Å². The Bertz CT molecular complexity index is 263. The summed E-state index contributed by atoms with van der Waals surface area (Å²) in [4.78, 5) is 0.